The van der Waals surface area contributed by atoms with Crippen molar-refractivity contribution in [3.05, 3.63) is 22.7 Å². The predicted octanol–water partition coefficient (Wildman–Crippen LogP) is 3.37. The molecular weight excluding hydrogens is 352 g/mol. The Bertz CT molecular complexity index is 631. The van der Waals surface area contributed by atoms with Gasteiger partial charge in [0.05, 0.1) is 4.90 Å². The maximum absolute atomic E-state index is 13.1. The van der Waals surface area contributed by atoms with Gasteiger partial charge >= 0.3 is 0 Å². The normalized spacial score (nSPS) is 27.3. The lowest BCUT2D eigenvalue weighted by Crippen LogP contribution is -2.49. The van der Waals surface area contributed by atoms with E-state index in [4.69, 9.17) is 5.73 Å². The highest BCUT2D eigenvalue weighted by Crippen LogP contribution is 2.39. The third-order valence-corrected chi connectivity index (χ3v) is 7.65. The van der Waals surface area contributed by atoms with E-state index in [1.165, 1.54) is 6.42 Å². The molecule has 0 amide bonds. The van der Waals surface area contributed by atoms with Gasteiger partial charge in [-0.25, -0.2) is 8.42 Å². The Balaban J connectivity index is 1.98. The monoisotopic (exact) mass is 372 g/mol. The van der Waals surface area contributed by atoms with Gasteiger partial charge in [-0.3, -0.25) is 0 Å². The number of anilines is 1. The third kappa shape index (κ3) is 2.85. The fraction of sp³-hybridized carbons (Fsp3) is 0.600. The molecule has 2 atom stereocenters. The van der Waals surface area contributed by atoms with Crippen molar-refractivity contribution in [2.45, 2.75) is 49.5 Å². The molecule has 0 spiro atoms. The standard InChI is InChI=1S/C15H21BrN2O2S/c16-13-8-7-12(17)10-15(13)21(19,20)18-9-3-5-11-4-1-2-6-14(11)18/h7-8,10-11,14H,1-6,9,17H2/t11-,14-/m1/s1. The second-order valence-corrected chi connectivity index (χ2v) is 8.77. The lowest BCUT2D eigenvalue weighted by Gasteiger charge is -2.43. The molecule has 1 aliphatic carbocycles. The van der Waals surface area contributed by atoms with Crippen molar-refractivity contribution in [1.29, 1.82) is 0 Å². The lowest BCUT2D eigenvalue weighted by atomic mass is 9.79. The number of rotatable bonds is 2. The van der Waals surface area contributed by atoms with Crippen molar-refractivity contribution in [3.63, 3.8) is 0 Å². The van der Waals surface area contributed by atoms with E-state index in [1.54, 1.807) is 22.5 Å². The third-order valence-electron chi connectivity index (χ3n) is 4.73. The van der Waals surface area contributed by atoms with Gasteiger partial charge in [0, 0.05) is 22.7 Å². The number of hydrogen-bond acceptors (Lipinski definition) is 3. The molecule has 2 fully saturated rings. The van der Waals surface area contributed by atoms with Crippen LogP contribution in [-0.4, -0.2) is 25.3 Å². The Morgan fingerprint density at radius 2 is 1.86 bits per heavy atom. The van der Waals surface area contributed by atoms with E-state index >= 15 is 0 Å². The van der Waals surface area contributed by atoms with Crippen LogP contribution in [-0.2, 0) is 10.0 Å². The number of benzene rings is 1. The zero-order valence-corrected chi connectivity index (χ0v) is 14.4. The first-order chi connectivity index (χ1) is 10.00. The van der Waals surface area contributed by atoms with Crippen LogP contribution in [0.5, 0.6) is 0 Å². The minimum atomic E-state index is -3.48. The Morgan fingerprint density at radius 1 is 1.14 bits per heavy atom. The van der Waals surface area contributed by atoms with E-state index in [-0.39, 0.29) is 6.04 Å². The zero-order valence-electron chi connectivity index (χ0n) is 12.0. The van der Waals surface area contributed by atoms with Crippen molar-refractivity contribution in [2.75, 3.05) is 12.3 Å². The van der Waals surface area contributed by atoms with E-state index < -0.39 is 10.0 Å². The second-order valence-electron chi connectivity index (χ2n) is 6.06. The van der Waals surface area contributed by atoms with Crippen molar-refractivity contribution < 1.29 is 8.42 Å². The number of nitrogen functional groups attached to an aromatic ring is 1. The summed E-state index contributed by atoms with van der Waals surface area (Å²) in [6.45, 7) is 0.630. The number of piperidine rings is 1. The van der Waals surface area contributed by atoms with Crippen LogP contribution < -0.4 is 5.73 Å². The van der Waals surface area contributed by atoms with Crippen LogP contribution in [0.1, 0.15) is 38.5 Å². The molecule has 1 aliphatic heterocycles. The second kappa shape index (κ2) is 5.89. The van der Waals surface area contributed by atoms with E-state index in [9.17, 15) is 8.42 Å². The van der Waals surface area contributed by atoms with Crippen LogP contribution in [0.15, 0.2) is 27.6 Å². The highest BCUT2D eigenvalue weighted by molar-refractivity contribution is 9.10. The lowest BCUT2D eigenvalue weighted by molar-refractivity contribution is 0.129. The van der Waals surface area contributed by atoms with Gasteiger partial charge in [-0.1, -0.05) is 12.8 Å². The fourth-order valence-electron chi connectivity index (χ4n) is 3.72. The summed E-state index contributed by atoms with van der Waals surface area (Å²) in [4.78, 5) is 0.300. The van der Waals surface area contributed by atoms with Crippen LogP contribution in [0.25, 0.3) is 0 Å². The number of hydrogen-bond donors (Lipinski definition) is 1. The molecule has 2 aliphatic rings. The summed E-state index contributed by atoms with van der Waals surface area (Å²) in [5.74, 6) is 0.530. The van der Waals surface area contributed by atoms with Crippen LogP contribution in [0.2, 0.25) is 0 Å². The van der Waals surface area contributed by atoms with Gasteiger partial charge in [0.2, 0.25) is 10.0 Å². The Hall–Kier alpha value is -0.590. The van der Waals surface area contributed by atoms with E-state index in [0.717, 1.165) is 32.1 Å². The maximum Gasteiger partial charge on any atom is 0.244 e. The van der Waals surface area contributed by atoms with Crippen molar-refractivity contribution in [2.24, 2.45) is 5.92 Å². The molecule has 2 N–H and O–H groups in total. The number of halogens is 1. The summed E-state index contributed by atoms with van der Waals surface area (Å²) in [7, 11) is -3.48. The summed E-state index contributed by atoms with van der Waals surface area (Å²) >= 11 is 3.36. The average Bonchev–Trinajstić information content (AvgIpc) is 2.49. The largest absolute Gasteiger partial charge is 0.399 e. The van der Waals surface area contributed by atoms with Crippen molar-refractivity contribution >= 4 is 31.6 Å². The number of fused-ring (bicyclic) bond motifs is 1. The van der Waals surface area contributed by atoms with Gasteiger partial charge in [0.15, 0.2) is 0 Å². The summed E-state index contributed by atoms with van der Waals surface area (Å²) < 4.78 is 28.4. The smallest absolute Gasteiger partial charge is 0.244 e. The molecule has 116 valence electrons. The molecule has 1 saturated carbocycles. The van der Waals surface area contributed by atoms with Crippen LogP contribution in [0, 0.1) is 5.92 Å². The Kier molecular flexibility index (Phi) is 4.30. The molecule has 0 unspecified atom stereocenters. The molecule has 1 saturated heterocycles. The minimum Gasteiger partial charge on any atom is -0.399 e. The zero-order chi connectivity index (χ0) is 15.0. The molecule has 3 rings (SSSR count). The molecule has 1 heterocycles. The van der Waals surface area contributed by atoms with Crippen LogP contribution in [0.4, 0.5) is 5.69 Å². The first-order valence-electron chi connectivity index (χ1n) is 7.57. The van der Waals surface area contributed by atoms with Crippen LogP contribution >= 0.6 is 15.9 Å². The molecule has 6 heteroatoms. The molecule has 4 nitrogen and oxygen atoms in total. The SMILES string of the molecule is Nc1ccc(Br)c(S(=O)(=O)N2CCC[C@H]3CCCC[C@H]32)c1. The highest BCUT2D eigenvalue weighted by Gasteiger charge is 2.40. The number of nitrogens with zero attached hydrogens (tertiary/aromatic N) is 1. The van der Waals surface area contributed by atoms with Gasteiger partial charge in [0.25, 0.3) is 0 Å². The van der Waals surface area contributed by atoms with E-state index in [2.05, 4.69) is 15.9 Å². The minimum absolute atomic E-state index is 0.172. The molecule has 1 aromatic rings. The summed E-state index contributed by atoms with van der Waals surface area (Å²) in [5.41, 5.74) is 6.26. The Labute approximate surface area is 134 Å². The molecule has 0 bridgehead atoms. The molecule has 0 aromatic heterocycles. The quantitative estimate of drug-likeness (QED) is 0.809. The van der Waals surface area contributed by atoms with Gasteiger partial charge in [-0.15, -0.1) is 0 Å². The first-order valence-corrected chi connectivity index (χ1v) is 9.80. The van der Waals surface area contributed by atoms with Crippen molar-refractivity contribution in [1.82, 2.24) is 4.31 Å². The summed E-state index contributed by atoms with van der Waals surface area (Å²) in [6, 6.07) is 5.16. The summed E-state index contributed by atoms with van der Waals surface area (Å²) in [6.07, 6.45) is 6.63. The first kappa shape index (κ1) is 15.3. The molecular formula is C15H21BrN2O2S. The highest BCUT2D eigenvalue weighted by atomic mass is 79.9. The van der Waals surface area contributed by atoms with Crippen molar-refractivity contribution in [3.8, 4) is 0 Å². The fourth-order valence-corrected chi connectivity index (χ4v) is 6.44. The van der Waals surface area contributed by atoms with E-state index in [1.807, 2.05) is 0 Å². The van der Waals surface area contributed by atoms with E-state index in [0.29, 0.717) is 27.5 Å². The number of sulfonamides is 1. The predicted molar refractivity (Wildman–Crippen MR) is 87.4 cm³/mol. The maximum atomic E-state index is 13.1. The Morgan fingerprint density at radius 3 is 2.67 bits per heavy atom. The average molecular weight is 373 g/mol. The molecule has 21 heavy (non-hydrogen) atoms. The number of nitrogens with two attached hydrogens (primary N) is 1. The van der Waals surface area contributed by atoms with Gasteiger partial charge in [0.1, 0.15) is 0 Å². The van der Waals surface area contributed by atoms with Gasteiger partial charge in [-0.05, 0) is 65.7 Å². The van der Waals surface area contributed by atoms with Gasteiger partial charge < -0.3 is 5.73 Å². The van der Waals surface area contributed by atoms with Gasteiger partial charge in [-0.2, -0.15) is 4.31 Å². The van der Waals surface area contributed by atoms with Crippen LogP contribution in [0.3, 0.4) is 0 Å². The topological polar surface area (TPSA) is 63.4 Å². The summed E-state index contributed by atoms with van der Waals surface area (Å²) in [5, 5.41) is 0. The molecule has 1 aromatic carbocycles. The molecule has 0 radical (unpaired) electrons.